The molecule has 0 radical (unpaired) electrons. The number of aliphatic carboxylic acids is 2. The molecule has 0 bridgehead atoms. The van der Waals surface area contributed by atoms with Gasteiger partial charge < -0.3 is 30.9 Å². The number of aryl methyl sites for hydroxylation is 1. The number of carbonyl (C=O) groups is 4. The molecule has 0 aliphatic heterocycles. The Bertz CT molecular complexity index is 909. The number of alkyl carbamates (subject to hydrolysis) is 1. The zero-order valence-corrected chi connectivity index (χ0v) is 17.8. The summed E-state index contributed by atoms with van der Waals surface area (Å²) in [5, 5.41) is 27.2. The lowest BCUT2D eigenvalue weighted by atomic mass is 9.89. The quantitative estimate of drug-likeness (QED) is 0.477. The lowest BCUT2D eigenvalue weighted by Crippen LogP contribution is -2.58. The monoisotopic (exact) mass is 433 g/mol. The highest BCUT2D eigenvalue weighted by Gasteiger charge is 2.76. The number of carboxylic acids is 2. The first-order chi connectivity index (χ1) is 14.3. The highest BCUT2D eigenvalue weighted by Crippen LogP contribution is 2.62. The minimum Gasteiger partial charge on any atom is -0.481 e. The van der Waals surface area contributed by atoms with Crippen molar-refractivity contribution in [2.75, 3.05) is 5.32 Å². The molecule has 2 aliphatic rings. The van der Waals surface area contributed by atoms with E-state index in [4.69, 9.17) is 4.74 Å². The molecule has 0 spiro atoms. The first-order valence-corrected chi connectivity index (χ1v) is 9.95. The van der Waals surface area contributed by atoms with E-state index in [-0.39, 0.29) is 6.42 Å². The fraction of sp³-hybridized carbons (Fsp3) is 0.524. The fourth-order valence-electron chi connectivity index (χ4n) is 4.43. The van der Waals surface area contributed by atoms with Crippen molar-refractivity contribution in [3.63, 3.8) is 0 Å². The maximum absolute atomic E-state index is 12.5. The summed E-state index contributed by atoms with van der Waals surface area (Å²) in [6, 6.07) is 5.75. The second-order valence-corrected chi connectivity index (χ2v) is 9.15. The van der Waals surface area contributed by atoms with Crippen molar-refractivity contribution in [2.45, 2.75) is 51.3 Å². The molecule has 3 rings (SSSR count). The summed E-state index contributed by atoms with van der Waals surface area (Å²) < 4.78 is 5.18. The van der Waals surface area contributed by atoms with Crippen LogP contribution in [0.2, 0.25) is 0 Å². The van der Waals surface area contributed by atoms with Crippen LogP contribution in [-0.4, -0.2) is 51.5 Å². The normalized spacial score (nSPS) is 28.8. The van der Waals surface area contributed by atoms with Gasteiger partial charge in [-0.25, -0.2) is 14.4 Å². The van der Waals surface area contributed by atoms with Crippen molar-refractivity contribution in [1.29, 1.82) is 0 Å². The molecule has 168 valence electrons. The van der Waals surface area contributed by atoms with Crippen LogP contribution in [0.15, 0.2) is 24.3 Å². The van der Waals surface area contributed by atoms with Gasteiger partial charge in [0.05, 0.1) is 5.92 Å². The number of hydrogen-bond acceptors (Lipinski definition) is 5. The topological polar surface area (TPSA) is 154 Å². The van der Waals surface area contributed by atoms with E-state index in [0.717, 1.165) is 5.56 Å². The predicted molar refractivity (Wildman–Crippen MR) is 110 cm³/mol. The minimum atomic E-state index is -1.85. The molecule has 2 aliphatic carbocycles. The molecule has 0 saturated heterocycles. The van der Waals surface area contributed by atoms with Gasteiger partial charge in [-0.2, -0.15) is 0 Å². The molecule has 10 nitrogen and oxygen atoms in total. The van der Waals surface area contributed by atoms with Crippen molar-refractivity contribution < 1.29 is 34.1 Å². The van der Waals surface area contributed by atoms with Crippen molar-refractivity contribution in [3.8, 4) is 0 Å². The number of hydrogen-bond donors (Lipinski definition) is 5. The van der Waals surface area contributed by atoms with Crippen molar-refractivity contribution in [2.24, 2.45) is 17.8 Å². The van der Waals surface area contributed by atoms with E-state index < -0.39 is 59.0 Å². The summed E-state index contributed by atoms with van der Waals surface area (Å²) >= 11 is 0. The second-order valence-electron chi connectivity index (χ2n) is 9.15. The SMILES string of the molecule is Cc1ccc(NC(=O)NC2CC(NC(=O)OC(C)(C)C)(C(=O)O)C3C(C(=O)O)C23)cc1. The highest BCUT2D eigenvalue weighted by atomic mass is 16.6. The maximum atomic E-state index is 12.5. The first kappa shape index (κ1) is 22.4. The third-order valence-electron chi connectivity index (χ3n) is 5.67. The molecule has 1 aromatic rings. The average molecular weight is 433 g/mol. The van der Waals surface area contributed by atoms with Gasteiger partial charge in [0.15, 0.2) is 0 Å². The third-order valence-corrected chi connectivity index (χ3v) is 5.67. The molecule has 3 amide bonds. The Kier molecular flexibility index (Phi) is 5.60. The zero-order valence-electron chi connectivity index (χ0n) is 17.8. The van der Waals surface area contributed by atoms with Crippen LogP contribution in [0.1, 0.15) is 32.8 Å². The predicted octanol–water partition coefficient (Wildman–Crippen LogP) is 2.18. The number of carbonyl (C=O) groups excluding carboxylic acids is 2. The lowest BCUT2D eigenvalue weighted by Gasteiger charge is -2.31. The molecule has 10 heteroatoms. The molecule has 0 aromatic heterocycles. The Balaban J connectivity index is 1.77. The van der Waals surface area contributed by atoms with Crippen LogP contribution in [0, 0.1) is 24.7 Å². The maximum Gasteiger partial charge on any atom is 0.408 e. The summed E-state index contributed by atoms with van der Waals surface area (Å²) in [5.74, 6) is -5.01. The van der Waals surface area contributed by atoms with E-state index in [1.165, 1.54) is 0 Å². The number of carboxylic acid groups (broad SMARTS) is 2. The van der Waals surface area contributed by atoms with E-state index in [1.807, 2.05) is 19.1 Å². The number of ether oxygens (including phenoxy) is 1. The summed E-state index contributed by atoms with van der Waals surface area (Å²) in [6.45, 7) is 6.81. The van der Waals surface area contributed by atoms with Gasteiger partial charge in [-0.1, -0.05) is 17.7 Å². The van der Waals surface area contributed by atoms with Gasteiger partial charge in [-0.05, 0) is 45.7 Å². The molecule has 1 aromatic carbocycles. The Labute approximate surface area is 179 Å². The van der Waals surface area contributed by atoms with Gasteiger partial charge in [0.25, 0.3) is 0 Å². The molecule has 5 atom stereocenters. The molecular formula is C21H27N3O7. The Morgan fingerprint density at radius 2 is 1.71 bits per heavy atom. The van der Waals surface area contributed by atoms with E-state index in [0.29, 0.717) is 5.69 Å². The number of nitrogens with one attached hydrogen (secondary N) is 3. The van der Waals surface area contributed by atoms with Gasteiger partial charge >= 0.3 is 24.1 Å². The zero-order chi connectivity index (χ0) is 23.1. The van der Waals surface area contributed by atoms with E-state index >= 15 is 0 Å². The Hall–Kier alpha value is -3.30. The van der Waals surface area contributed by atoms with Gasteiger partial charge in [0, 0.05) is 24.1 Å². The van der Waals surface area contributed by atoms with Crippen LogP contribution in [0.4, 0.5) is 15.3 Å². The van der Waals surface area contributed by atoms with Gasteiger partial charge in [0.2, 0.25) is 0 Å². The van der Waals surface area contributed by atoms with E-state index in [2.05, 4.69) is 16.0 Å². The van der Waals surface area contributed by atoms with Crippen LogP contribution in [-0.2, 0) is 14.3 Å². The summed E-state index contributed by atoms with van der Waals surface area (Å²) in [4.78, 5) is 48.7. The Morgan fingerprint density at radius 1 is 1.10 bits per heavy atom. The van der Waals surface area contributed by atoms with Gasteiger partial charge in [-0.15, -0.1) is 0 Å². The van der Waals surface area contributed by atoms with Gasteiger partial charge in [0.1, 0.15) is 11.1 Å². The van der Waals surface area contributed by atoms with Gasteiger partial charge in [-0.3, -0.25) is 4.79 Å². The Morgan fingerprint density at radius 3 is 2.23 bits per heavy atom. The van der Waals surface area contributed by atoms with Crippen LogP contribution in [0.5, 0.6) is 0 Å². The molecule has 5 unspecified atom stereocenters. The van der Waals surface area contributed by atoms with Crippen LogP contribution < -0.4 is 16.0 Å². The van der Waals surface area contributed by atoms with Crippen LogP contribution in [0.25, 0.3) is 0 Å². The third kappa shape index (κ3) is 4.57. The number of anilines is 1. The van der Waals surface area contributed by atoms with Crippen molar-refractivity contribution in [3.05, 3.63) is 29.8 Å². The molecular weight excluding hydrogens is 406 g/mol. The molecule has 5 N–H and O–H groups in total. The standard InChI is InChI=1S/C21H27N3O7/c1-10-5-7-11(8-6-10)22-18(29)23-12-9-21(17(27)28,15-13(12)14(15)16(25)26)24-19(30)31-20(2,3)4/h5-8,12-15H,9H2,1-4H3,(H,24,30)(H,25,26)(H,27,28)(H2,22,23,29). The second kappa shape index (κ2) is 7.75. The fourth-order valence-corrected chi connectivity index (χ4v) is 4.43. The number of rotatable bonds is 5. The molecule has 2 saturated carbocycles. The smallest absolute Gasteiger partial charge is 0.408 e. The minimum absolute atomic E-state index is 0.151. The highest BCUT2D eigenvalue weighted by molar-refractivity contribution is 5.92. The summed E-state index contributed by atoms with van der Waals surface area (Å²) in [5.41, 5.74) is -1.15. The van der Waals surface area contributed by atoms with E-state index in [1.54, 1.807) is 32.9 Å². The molecule has 2 fully saturated rings. The van der Waals surface area contributed by atoms with Crippen LogP contribution in [0.3, 0.4) is 0 Å². The first-order valence-electron chi connectivity index (χ1n) is 9.95. The lowest BCUT2D eigenvalue weighted by molar-refractivity contribution is -0.147. The summed E-state index contributed by atoms with van der Waals surface area (Å²) in [6.07, 6.45) is -1.10. The largest absolute Gasteiger partial charge is 0.481 e. The molecule has 0 heterocycles. The van der Waals surface area contributed by atoms with E-state index in [9.17, 15) is 29.4 Å². The van der Waals surface area contributed by atoms with Crippen LogP contribution >= 0.6 is 0 Å². The number of benzene rings is 1. The average Bonchev–Trinajstić information content (AvgIpc) is 3.30. The summed E-state index contributed by atoms with van der Waals surface area (Å²) in [7, 11) is 0. The number of fused-ring (bicyclic) bond motifs is 1. The number of amides is 3. The van der Waals surface area contributed by atoms with Crippen molar-refractivity contribution in [1.82, 2.24) is 10.6 Å². The molecule has 31 heavy (non-hydrogen) atoms. The van der Waals surface area contributed by atoms with Crippen molar-refractivity contribution >= 4 is 29.8 Å². The number of urea groups is 1.